The van der Waals surface area contributed by atoms with Gasteiger partial charge in [0.1, 0.15) is 0 Å². The third kappa shape index (κ3) is 7.23. The zero-order chi connectivity index (χ0) is 19.6. The van der Waals surface area contributed by atoms with Crippen LogP contribution in [0.3, 0.4) is 0 Å². The van der Waals surface area contributed by atoms with Gasteiger partial charge in [0.15, 0.2) is 5.76 Å². The van der Waals surface area contributed by atoms with Crippen molar-refractivity contribution >= 4 is 29.2 Å². The summed E-state index contributed by atoms with van der Waals surface area (Å²) in [5.74, 6) is -0.208. The van der Waals surface area contributed by atoms with Crippen LogP contribution in [0.5, 0.6) is 0 Å². The zero-order valence-corrected chi connectivity index (χ0v) is 15.4. The van der Waals surface area contributed by atoms with Gasteiger partial charge in [0.2, 0.25) is 5.91 Å². The van der Waals surface area contributed by atoms with Gasteiger partial charge in [0, 0.05) is 30.4 Å². The van der Waals surface area contributed by atoms with Crippen LogP contribution in [0.4, 0.5) is 16.2 Å². The summed E-state index contributed by atoms with van der Waals surface area (Å²) in [6.07, 6.45) is 2.21. The lowest BCUT2D eigenvalue weighted by Crippen LogP contribution is -2.34. The molecule has 0 radical (unpaired) electrons. The molecule has 1 aromatic heterocycles. The van der Waals surface area contributed by atoms with Gasteiger partial charge in [-0.3, -0.25) is 9.59 Å². The number of hydrogen-bond donors (Lipinski definition) is 4. The van der Waals surface area contributed by atoms with Crippen molar-refractivity contribution in [2.75, 3.05) is 17.2 Å². The van der Waals surface area contributed by atoms with Crippen LogP contribution in [0.2, 0.25) is 0 Å². The number of urea groups is 1. The van der Waals surface area contributed by atoms with Crippen LogP contribution in [0.1, 0.15) is 37.2 Å². The first-order valence-electron chi connectivity index (χ1n) is 8.73. The Balaban J connectivity index is 1.68. The fourth-order valence-corrected chi connectivity index (χ4v) is 2.24. The Morgan fingerprint density at radius 3 is 2.26 bits per heavy atom. The molecule has 0 aliphatic heterocycles. The number of anilines is 2. The standard InChI is InChI=1S/C19H24N4O4/c1-13(2)21-19(26)23-15-9-7-14(8-10-15)22-17(24)6-3-11-20-18(25)16-5-4-12-27-16/h4-5,7-10,12-13H,3,6,11H2,1-2H3,(H,20,25)(H,22,24)(H2,21,23,26). The van der Waals surface area contributed by atoms with Gasteiger partial charge >= 0.3 is 6.03 Å². The summed E-state index contributed by atoms with van der Waals surface area (Å²) in [5, 5.41) is 10.9. The van der Waals surface area contributed by atoms with Gasteiger partial charge in [0.25, 0.3) is 5.91 Å². The lowest BCUT2D eigenvalue weighted by Gasteiger charge is -2.11. The summed E-state index contributed by atoms with van der Waals surface area (Å²) in [6, 6.07) is 9.82. The van der Waals surface area contributed by atoms with Crippen molar-refractivity contribution in [3.8, 4) is 0 Å². The second kappa shape index (κ2) is 10.0. The third-order valence-electron chi connectivity index (χ3n) is 3.46. The molecule has 0 saturated heterocycles. The summed E-state index contributed by atoms with van der Waals surface area (Å²) >= 11 is 0. The lowest BCUT2D eigenvalue weighted by molar-refractivity contribution is -0.116. The highest BCUT2D eigenvalue weighted by Crippen LogP contribution is 2.14. The zero-order valence-electron chi connectivity index (χ0n) is 15.4. The minimum absolute atomic E-state index is 0.0485. The molecule has 27 heavy (non-hydrogen) atoms. The quantitative estimate of drug-likeness (QED) is 0.534. The average molecular weight is 372 g/mol. The molecule has 4 N–H and O–H groups in total. The first kappa shape index (κ1) is 20.0. The Labute approximate surface area is 157 Å². The number of carbonyl (C=O) groups is 3. The molecule has 0 spiro atoms. The number of hydrogen-bond acceptors (Lipinski definition) is 4. The first-order valence-corrected chi connectivity index (χ1v) is 8.73. The molecule has 4 amide bonds. The molecule has 1 aromatic carbocycles. The van der Waals surface area contributed by atoms with Crippen LogP contribution in [-0.4, -0.2) is 30.4 Å². The van der Waals surface area contributed by atoms with Crippen molar-refractivity contribution in [1.29, 1.82) is 0 Å². The third-order valence-corrected chi connectivity index (χ3v) is 3.46. The summed E-state index contributed by atoms with van der Waals surface area (Å²) < 4.78 is 4.98. The molecule has 0 fully saturated rings. The second-order valence-corrected chi connectivity index (χ2v) is 6.22. The summed E-state index contributed by atoms with van der Waals surface area (Å²) in [4.78, 5) is 35.2. The Bertz CT molecular complexity index is 755. The van der Waals surface area contributed by atoms with Crippen LogP contribution >= 0.6 is 0 Å². The summed E-state index contributed by atoms with van der Waals surface area (Å²) in [5.41, 5.74) is 1.27. The number of amides is 4. The van der Waals surface area contributed by atoms with E-state index < -0.39 is 0 Å². The summed E-state index contributed by atoms with van der Waals surface area (Å²) in [6.45, 7) is 4.13. The molecule has 2 rings (SSSR count). The highest BCUT2D eigenvalue weighted by molar-refractivity contribution is 5.93. The molecule has 0 atom stereocenters. The minimum atomic E-state index is -0.301. The molecular formula is C19H24N4O4. The number of carbonyl (C=O) groups excluding carboxylic acids is 3. The Kier molecular flexibility index (Phi) is 7.42. The van der Waals surface area contributed by atoms with E-state index in [0.717, 1.165) is 0 Å². The van der Waals surface area contributed by atoms with E-state index in [1.54, 1.807) is 36.4 Å². The molecule has 1 heterocycles. The second-order valence-electron chi connectivity index (χ2n) is 6.22. The topological polar surface area (TPSA) is 112 Å². The van der Waals surface area contributed by atoms with Crippen molar-refractivity contribution in [1.82, 2.24) is 10.6 Å². The number of benzene rings is 1. The van der Waals surface area contributed by atoms with E-state index in [-0.39, 0.29) is 36.1 Å². The van der Waals surface area contributed by atoms with Crippen molar-refractivity contribution < 1.29 is 18.8 Å². The van der Waals surface area contributed by atoms with E-state index in [1.807, 2.05) is 13.8 Å². The van der Waals surface area contributed by atoms with E-state index in [1.165, 1.54) is 6.26 Å². The normalized spacial score (nSPS) is 10.3. The lowest BCUT2D eigenvalue weighted by atomic mass is 10.2. The molecule has 0 saturated carbocycles. The van der Waals surface area contributed by atoms with E-state index >= 15 is 0 Å². The Morgan fingerprint density at radius 1 is 1.00 bits per heavy atom. The van der Waals surface area contributed by atoms with Gasteiger partial charge in [-0.25, -0.2) is 4.79 Å². The van der Waals surface area contributed by atoms with Gasteiger partial charge in [-0.1, -0.05) is 0 Å². The van der Waals surface area contributed by atoms with E-state index in [0.29, 0.717) is 24.3 Å². The molecule has 0 bridgehead atoms. The SMILES string of the molecule is CC(C)NC(=O)Nc1ccc(NC(=O)CCCNC(=O)c2ccco2)cc1. The number of furan rings is 1. The fraction of sp³-hybridized carbons (Fsp3) is 0.316. The maximum Gasteiger partial charge on any atom is 0.319 e. The highest BCUT2D eigenvalue weighted by atomic mass is 16.3. The van der Waals surface area contributed by atoms with E-state index in [2.05, 4.69) is 21.3 Å². The molecular weight excluding hydrogens is 348 g/mol. The molecule has 0 aliphatic carbocycles. The maximum absolute atomic E-state index is 11.9. The Hall–Kier alpha value is -3.29. The van der Waals surface area contributed by atoms with Gasteiger partial charge in [0.05, 0.1) is 6.26 Å². The summed E-state index contributed by atoms with van der Waals surface area (Å²) in [7, 11) is 0. The molecule has 8 nitrogen and oxygen atoms in total. The maximum atomic E-state index is 11.9. The van der Waals surface area contributed by atoms with Crippen molar-refractivity contribution in [2.24, 2.45) is 0 Å². The smallest absolute Gasteiger partial charge is 0.319 e. The van der Waals surface area contributed by atoms with Gasteiger partial charge in [-0.2, -0.15) is 0 Å². The molecule has 144 valence electrons. The van der Waals surface area contributed by atoms with Crippen molar-refractivity contribution in [3.05, 3.63) is 48.4 Å². The van der Waals surface area contributed by atoms with Gasteiger partial charge < -0.3 is 25.7 Å². The van der Waals surface area contributed by atoms with Crippen LogP contribution in [0.25, 0.3) is 0 Å². The van der Waals surface area contributed by atoms with Crippen LogP contribution in [-0.2, 0) is 4.79 Å². The van der Waals surface area contributed by atoms with Crippen LogP contribution in [0, 0.1) is 0 Å². The minimum Gasteiger partial charge on any atom is -0.459 e. The Morgan fingerprint density at radius 2 is 1.67 bits per heavy atom. The van der Waals surface area contributed by atoms with Crippen molar-refractivity contribution in [3.63, 3.8) is 0 Å². The predicted octanol–water partition coefficient (Wildman–Crippen LogP) is 2.96. The van der Waals surface area contributed by atoms with E-state index in [4.69, 9.17) is 4.42 Å². The van der Waals surface area contributed by atoms with Crippen LogP contribution < -0.4 is 21.3 Å². The average Bonchev–Trinajstić information content (AvgIpc) is 3.14. The highest BCUT2D eigenvalue weighted by Gasteiger charge is 2.08. The molecule has 8 heteroatoms. The van der Waals surface area contributed by atoms with Gasteiger partial charge in [-0.15, -0.1) is 0 Å². The van der Waals surface area contributed by atoms with Gasteiger partial charge in [-0.05, 0) is 56.7 Å². The molecule has 2 aromatic rings. The van der Waals surface area contributed by atoms with Crippen LogP contribution in [0.15, 0.2) is 47.1 Å². The first-order chi connectivity index (χ1) is 12.9. The van der Waals surface area contributed by atoms with E-state index in [9.17, 15) is 14.4 Å². The fourth-order valence-electron chi connectivity index (χ4n) is 2.24. The molecule has 0 aliphatic rings. The molecule has 0 unspecified atom stereocenters. The van der Waals surface area contributed by atoms with Crippen molar-refractivity contribution in [2.45, 2.75) is 32.7 Å². The monoisotopic (exact) mass is 372 g/mol. The number of nitrogens with one attached hydrogen (secondary N) is 4. The predicted molar refractivity (Wildman–Crippen MR) is 103 cm³/mol. The number of rotatable bonds is 8. The largest absolute Gasteiger partial charge is 0.459 e.